The fourth-order valence-corrected chi connectivity index (χ4v) is 4.75. The minimum atomic E-state index is 0.120. The van der Waals surface area contributed by atoms with Crippen LogP contribution in [0.25, 0.3) is 0 Å². The van der Waals surface area contributed by atoms with Crippen molar-refractivity contribution in [2.45, 2.75) is 96.1 Å². The Balaban J connectivity index is 1.53. The van der Waals surface area contributed by atoms with Gasteiger partial charge in [0.05, 0.1) is 0 Å². The molecule has 3 aliphatic rings. The van der Waals surface area contributed by atoms with E-state index in [1.165, 1.54) is 38.5 Å². The third kappa shape index (κ3) is 3.78. The van der Waals surface area contributed by atoms with E-state index >= 15 is 0 Å². The molecule has 0 unspecified atom stereocenters. The van der Waals surface area contributed by atoms with Crippen LogP contribution in [-0.4, -0.2) is 28.0 Å². The van der Waals surface area contributed by atoms with Crippen molar-refractivity contribution in [3.63, 3.8) is 0 Å². The third-order valence-electron chi connectivity index (χ3n) is 6.72. The van der Waals surface area contributed by atoms with Gasteiger partial charge in [0.25, 0.3) is 5.91 Å². The lowest BCUT2D eigenvalue weighted by Crippen LogP contribution is -2.49. The first-order valence-electron chi connectivity index (χ1n) is 10.4. The van der Waals surface area contributed by atoms with Gasteiger partial charge in [-0.15, -0.1) is 0 Å². The molecule has 0 radical (unpaired) electrons. The molecular formula is C21H32N2O2. The summed E-state index contributed by atoms with van der Waals surface area (Å²) in [6, 6.07) is 2.70. The molecular weight excluding hydrogens is 312 g/mol. The normalized spacial score (nSPS) is 33.2. The molecule has 0 aromatic carbocycles. The number of carbonyl (C=O) groups excluding carboxylic acids is 1. The molecule has 1 aromatic heterocycles. The molecule has 4 nitrogen and oxygen atoms in total. The number of hydrogen-bond acceptors (Lipinski definition) is 3. The SMILES string of the molecule is CC1CCC(N(C(=O)c2cc(C3CC3)on2)C2CCC(C)CC2)CC1. The highest BCUT2D eigenvalue weighted by atomic mass is 16.5. The van der Waals surface area contributed by atoms with Crippen LogP contribution in [0.2, 0.25) is 0 Å². The predicted octanol–water partition coefficient (Wildman–Crippen LogP) is 5.15. The molecule has 0 spiro atoms. The van der Waals surface area contributed by atoms with Gasteiger partial charge in [0, 0.05) is 24.1 Å². The molecule has 3 fully saturated rings. The number of aromatic nitrogens is 1. The average Bonchev–Trinajstić information content (AvgIpc) is 3.35. The van der Waals surface area contributed by atoms with E-state index in [2.05, 4.69) is 23.9 Å². The minimum Gasteiger partial charge on any atom is -0.360 e. The van der Waals surface area contributed by atoms with Crippen LogP contribution in [0.15, 0.2) is 10.6 Å². The lowest BCUT2D eigenvalue weighted by Gasteiger charge is -2.43. The summed E-state index contributed by atoms with van der Waals surface area (Å²) in [4.78, 5) is 15.6. The van der Waals surface area contributed by atoms with Gasteiger partial charge in [-0.2, -0.15) is 0 Å². The first kappa shape index (κ1) is 17.1. The Morgan fingerprint density at radius 3 is 1.92 bits per heavy atom. The van der Waals surface area contributed by atoms with E-state index in [1.807, 2.05) is 6.07 Å². The van der Waals surface area contributed by atoms with Crippen LogP contribution < -0.4 is 0 Å². The van der Waals surface area contributed by atoms with Crippen molar-refractivity contribution in [1.29, 1.82) is 0 Å². The Bertz CT molecular complexity index is 569. The van der Waals surface area contributed by atoms with Crippen molar-refractivity contribution in [2.24, 2.45) is 11.8 Å². The van der Waals surface area contributed by atoms with Gasteiger partial charge < -0.3 is 9.42 Å². The van der Waals surface area contributed by atoms with Crippen molar-refractivity contribution in [3.8, 4) is 0 Å². The smallest absolute Gasteiger partial charge is 0.276 e. The average molecular weight is 344 g/mol. The number of rotatable bonds is 4. The predicted molar refractivity (Wildman–Crippen MR) is 97.5 cm³/mol. The van der Waals surface area contributed by atoms with E-state index in [-0.39, 0.29) is 5.91 Å². The van der Waals surface area contributed by atoms with Crippen LogP contribution in [0, 0.1) is 11.8 Å². The van der Waals surface area contributed by atoms with E-state index in [1.54, 1.807) is 0 Å². The summed E-state index contributed by atoms with van der Waals surface area (Å²) < 4.78 is 5.47. The van der Waals surface area contributed by atoms with Gasteiger partial charge in [0.1, 0.15) is 5.76 Å². The fourth-order valence-electron chi connectivity index (χ4n) is 4.75. The molecule has 1 aromatic rings. The van der Waals surface area contributed by atoms with Crippen LogP contribution in [0.4, 0.5) is 0 Å². The highest BCUT2D eigenvalue weighted by Crippen LogP contribution is 2.41. The Morgan fingerprint density at radius 1 is 0.920 bits per heavy atom. The minimum absolute atomic E-state index is 0.120. The van der Waals surface area contributed by atoms with E-state index in [9.17, 15) is 4.79 Å². The molecule has 0 atom stereocenters. The van der Waals surface area contributed by atoms with Crippen molar-refractivity contribution in [2.75, 3.05) is 0 Å². The van der Waals surface area contributed by atoms with E-state index in [4.69, 9.17) is 4.52 Å². The summed E-state index contributed by atoms with van der Waals surface area (Å²) in [7, 11) is 0. The molecule has 0 bridgehead atoms. The van der Waals surface area contributed by atoms with Crippen molar-refractivity contribution >= 4 is 5.91 Å². The Kier molecular flexibility index (Phi) is 4.88. The highest BCUT2D eigenvalue weighted by Gasteiger charge is 2.37. The maximum atomic E-state index is 13.4. The van der Waals surface area contributed by atoms with Crippen molar-refractivity contribution in [3.05, 3.63) is 17.5 Å². The molecule has 1 amide bonds. The summed E-state index contributed by atoms with van der Waals surface area (Å²) in [5, 5.41) is 4.15. The van der Waals surface area contributed by atoms with Gasteiger partial charge in [-0.3, -0.25) is 4.79 Å². The molecule has 4 rings (SSSR count). The van der Waals surface area contributed by atoms with E-state index < -0.39 is 0 Å². The highest BCUT2D eigenvalue weighted by molar-refractivity contribution is 5.92. The standard InChI is InChI=1S/C21H32N2O2/c1-14-3-9-17(10-4-14)23(18-11-5-15(2)6-12-18)21(24)19-13-20(25-22-19)16-7-8-16/h13-18H,3-12H2,1-2H3. The van der Waals surface area contributed by atoms with E-state index in [0.717, 1.165) is 43.3 Å². The monoisotopic (exact) mass is 344 g/mol. The van der Waals surface area contributed by atoms with Crippen molar-refractivity contribution < 1.29 is 9.32 Å². The second-order valence-corrected chi connectivity index (χ2v) is 8.93. The zero-order valence-electron chi connectivity index (χ0n) is 15.7. The maximum Gasteiger partial charge on any atom is 0.276 e. The third-order valence-corrected chi connectivity index (χ3v) is 6.72. The molecule has 25 heavy (non-hydrogen) atoms. The lowest BCUT2D eigenvalue weighted by atomic mass is 9.82. The Morgan fingerprint density at radius 2 is 1.44 bits per heavy atom. The molecule has 0 aliphatic heterocycles. The van der Waals surface area contributed by atoms with Crippen LogP contribution >= 0.6 is 0 Å². The van der Waals surface area contributed by atoms with Gasteiger partial charge in [0.15, 0.2) is 5.69 Å². The zero-order chi connectivity index (χ0) is 17.4. The first-order chi connectivity index (χ1) is 12.1. The van der Waals surface area contributed by atoms with Gasteiger partial charge >= 0.3 is 0 Å². The second-order valence-electron chi connectivity index (χ2n) is 8.93. The molecule has 0 saturated heterocycles. The van der Waals surface area contributed by atoms with Crippen LogP contribution in [0.1, 0.15) is 100 Å². The van der Waals surface area contributed by atoms with E-state index in [0.29, 0.717) is 23.7 Å². The van der Waals surface area contributed by atoms with Crippen LogP contribution in [0.3, 0.4) is 0 Å². The van der Waals surface area contributed by atoms with Gasteiger partial charge in [-0.1, -0.05) is 19.0 Å². The molecule has 1 heterocycles. The Hall–Kier alpha value is -1.32. The topological polar surface area (TPSA) is 46.3 Å². The lowest BCUT2D eigenvalue weighted by molar-refractivity contribution is 0.0385. The largest absolute Gasteiger partial charge is 0.360 e. The molecule has 0 N–H and O–H groups in total. The zero-order valence-corrected chi connectivity index (χ0v) is 15.7. The summed E-state index contributed by atoms with van der Waals surface area (Å²) >= 11 is 0. The number of nitrogens with zero attached hydrogens (tertiary/aromatic N) is 2. The number of hydrogen-bond donors (Lipinski definition) is 0. The molecule has 138 valence electrons. The number of amides is 1. The summed E-state index contributed by atoms with van der Waals surface area (Å²) in [6.45, 7) is 4.68. The quantitative estimate of drug-likeness (QED) is 0.758. The second kappa shape index (κ2) is 7.13. The molecule has 3 aliphatic carbocycles. The Labute approximate surface area is 151 Å². The fraction of sp³-hybridized carbons (Fsp3) is 0.810. The summed E-state index contributed by atoms with van der Waals surface area (Å²) in [5.41, 5.74) is 0.541. The van der Waals surface area contributed by atoms with Crippen molar-refractivity contribution in [1.82, 2.24) is 10.1 Å². The molecule has 4 heteroatoms. The first-order valence-corrected chi connectivity index (χ1v) is 10.4. The van der Waals surface area contributed by atoms with Gasteiger partial charge in [-0.25, -0.2) is 0 Å². The van der Waals surface area contributed by atoms with Crippen LogP contribution in [0.5, 0.6) is 0 Å². The van der Waals surface area contributed by atoms with Gasteiger partial charge in [0.2, 0.25) is 0 Å². The maximum absolute atomic E-state index is 13.4. The summed E-state index contributed by atoms with van der Waals surface area (Å²) in [5.74, 6) is 3.14. The van der Waals surface area contributed by atoms with Gasteiger partial charge in [-0.05, 0) is 76.0 Å². The number of carbonyl (C=O) groups is 1. The van der Waals surface area contributed by atoms with Crippen LogP contribution in [-0.2, 0) is 0 Å². The molecule has 3 saturated carbocycles. The summed E-state index contributed by atoms with van der Waals surface area (Å²) in [6.07, 6.45) is 11.9.